The third-order valence-corrected chi connectivity index (χ3v) is 2.56. The van der Waals surface area contributed by atoms with Gasteiger partial charge in [-0.25, -0.2) is 0 Å². The molecular formula is C9H14O. The van der Waals surface area contributed by atoms with Crippen molar-refractivity contribution in [3.05, 3.63) is 11.3 Å². The topological polar surface area (TPSA) is 9.23 Å². The standard InChI is InChI=1S/C9H14O/c1-6(2)9-7-4-3-5-8(7)10-9/h7-8H,3-5H2,1-2H3. The zero-order valence-corrected chi connectivity index (χ0v) is 6.68. The van der Waals surface area contributed by atoms with Gasteiger partial charge in [0.15, 0.2) is 0 Å². The second-order valence-corrected chi connectivity index (χ2v) is 3.56. The van der Waals surface area contributed by atoms with Crippen molar-refractivity contribution in [2.75, 3.05) is 0 Å². The van der Waals surface area contributed by atoms with E-state index in [9.17, 15) is 0 Å². The van der Waals surface area contributed by atoms with Crippen LogP contribution in [0.5, 0.6) is 0 Å². The Kier molecular flexibility index (Phi) is 1.26. The zero-order chi connectivity index (χ0) is 7.14. The van der Waals surface area contributed by atoms with Gasteiger partial charge in [-0.2, -0.15) is 0 Å². The van der Waals surface area contributed by atoms with Crippen molar-refractivity contribution in [2.24, 2.45) is 5.92 Å². The molecule has 1 heterocycles. The molecule has 2 rings (SSSR count). The van der Waals surface area contributed by atoms with E-state index in [-0.39, 0.29) is 0 Å². The molecule has 0 amide bonds. The summed E-state index contributed by atoms with van der Waals surface area (Å²) in [6.07, 6.45) is 4.63. The van der Waals surface area contributed by atoms with Crippen LogP contribution in [0.1, 0.15) is 33.1 Å². The van der Waals surface area contributed by atoms with E-state index in [1.165, 1.54) is 30.6 Å². The number of ether oxygens (including phenoxy) is 1. The van der Waals surface area contributed by atoms with Crippen molar-refractivity contribution >= 4 is 0 Å². The Morgan fingerprint density at radius 2 is 2.20 bits per heavy atom. The summed E-state index contributed by atoms with van der Waals surface area (Å²) in [6, 6.07) is 0. The predicted molar refractivity (Wildman–Crippen MR) is 40.6 cm³/mol. The molecule has 2 atom stereocenters. The molecule has 0 radical (unpaired) electrons. The lowest BCUT2D eigenvalue weighted by atomic mass is 9.94. The minimum Gasteiger partial charge on any atom is -0.494 e. The van der Waals surface area contributed by atoms with Crippen molar-refractivity contribution in [3.8, 4) is 0 Å². The Bertz CT molecular complexity index is 177. The number of fused-ring (bicyclic) bond motifs is 1. The summed E-state index contributed by atoms with van der Waals surface area (Å²) in [5.41, 5.74) is 1.38. The van der Waals surface area contributed by atoms with E-state index in [0.717, 1.165) is 5.92 Å². The SMILES string of the molecule is CC(C)=C1OC2CCCC12. The van der Waals surface area contributed by atoms with Crippen LogP contribution in [0.2, 0.25) is 0 Å². The fourth-order valence-electron chi connectivity index (χ4n) is 2.03. The fraction of sp³-hybridized carbons (Fsp3) is 0.778. The summed E-state index contributed by atoms with van der Waals surface area (Å²) in [6.45, 7) is 4.29. The number of hydrogen-bond donors (Lipinski definition) is 0. The molecule has 0 aromatic heterocycles. The van der Waals surface area contributed by atoms with Crippen LogP contribution in [0, 0.1) is 5.92 Å². The first-order valence-electron chi connectivity index (χ1n) is 4.13. The first-order chi connectivity index (χ1) is 4.79. The van der Waals surface area contributed by atoms with E-state index in [1.54, 1.807) is 0 Å². The number of hydrogen-bond acceptors (Lipinski definition) is 1. The van der Waals surface area contributed by atoms with Crippen LogP contribution in [-0.2, 0) is 4.74 Å². The molecule has 2 fully saturated rings. The van der Waals surface area contributed by atoms with Gasteiger partial charge >= 0.3 is 0 Å². The van der Waals surface area contributed by atoms with Gasteiger partial charge in [-0.1, -0.05) is 0 Å². The van der Waals surface area contributed by atoms with E-state index < -0.39 is 0 Å². The first-order valence-corrected chi connectivity index (χ1v) is 4.13. The van der Waals surface area contributed by atoms with E-state index in [4.69, 9.17) is 4.74 Å². The van der Waals surface area contributed by atoms with Gasteiger partial charge in [0.1, 0.15) is 11.9 Å². The van der Waals surface area contributed by atoms with Crippen LogP contribution in [0.3, 0.4) is 0 Å². The van der Waals surface area contributed by atoms with Crippen LogP contribution in [0.4, 0.5) is 0 Å². The second kappa shape index (κ2) is 2.01. The Hall–Kier alpha value is -0.460. The average Bonchev–Trinajstić information content (AvgIpc) is 2.11. The molecule has 0 bridgehead atoms. The first kappa shape index (κ1) is 6.26. The van der Waals surface area contributed by atoms with Gasteiger partial charge in [-0.05, 0) is 38.7 Å². The van der Waals surface area contributed by atoms with Crippen LogP contribution in [0.15, 0.2) is 11.3 Å². The van der Waals surface area contributed by atoms with Gasteiger partial charge in [-0.15, -0.1) is 0 Å². The van der Waals surface area contributed by atoms with Crippen molar-refractivity contribution < 1.29 is 4.74 Å². The molecule has 0 aromatic rings. The van der Waals surface area contributed by atoms with Crippen molar-refractivity contribution in [3.63, 3.8) is 0 Å². The molecule has 1 aliphatic heterocycles. The maximum atomic E-state index is 5.60. The zero-order valence-electron chi connectivity index (χ0n) is 6.68. The summed E-state index contributed by atoms with van der Waals surface area (Å²) in [5, 5.41) is 0. The Morgan fingerprint density at radius 1 is 1.40 bits per heavy atom. The highest BCUT2D eigenvalue weighted by atomic mass is 16.5. The van der Waals surface area contributed by atoms with Crippen molar-refractivity contribution in [1.82, 2.24) is 0 Å². The molecule has 0 spiro atoms. The maximum Gasteiger partial charge on any atom is 0.108 e. The smallest absolute Gasteiger partial charge is 0.108 e. The Labute approximate surface area is 62.1 Å². The average molecular weight is 138 g/mol. The van der Waals surface area contributed by atoms with Crippen LogP contribution in [0.25, 0.3) is 0 Å². The molecule has 1 saturated carbocycles. The third kappa shape index (κ3) is 0.695. The van der Waals surface area contributed by atoms with E-state index in [2.05, 4.69) is 13.8 Å². The molecule has 56 valence electrons. The van der Waals surface area contributed by atoms with E-state index >= 15 is 0 Å². The lowest BCUT2D eigenvalue weighted by molar-refractivity contribution is -0.0245. The lowest BCUT2D eigenvalue weighted by Gasteiger charge is -2.36. The minimum absolute atomic E-state index is 0.602. The number of rotatable bonds is 0. The Morgan fingerprint density at radius 3 is 2.80 bits per heavy atom. The van der Waals surface area contributed by atoms with E-state index in [0.29, 0.717) is 6.10 Å². The molecule has 1 saturated heterocycles. The van der Waals surface area contributed by atoms with Crippen molar-refractivity contribution in [1.29, 1.82) is 0 Å². The molecule has 2 aliphatic rings. The molecule has 0 aromatic carbocycles. The fourth-order valence-corrected chi connectivity index (χ4v) is 2.03. The molecule has 2 unspecified atom stereocenters. The quantitative estimate of drug-likeness (QED) is 0.499. The highest BCUT2D eigenvalue weighted by Gasteiger charge is 2.42. The van der Waals surface area contributed by atoms with Crippen molar-refractivity contribution in [2.45, 2.75) is 39.2 Å². The van der Waals surface area contributed by atoms with Gasteiger partial charge in [-0.3, -0.25) is 0 Å². The second-order valence-electron chi connectivity index (χ2n) is 3.56. The normalized spacial score (nSPS) is 36.4. The minimum atomic E-state index is 0.602. The largest absolute Gasteiger partial charge is 0.494 e. The lowest BCUT2D eigenvalue weighted by Crippen LogP contribution is -2.33. The van der Waals surface area contributed by atoms with Gasteiger partial charge in [0.25, 0.3) is 0 Å². The highest BCUT2D eigenvalue weighted by Crippen LogP contribution is 2.45. The number of allylic oxidation sites excluding steroid dienone is 1. The monoisotopic (exact) mass is 138 g/mol. The summed E-state index contributed by atoms with van der Waals surface area (Å²) in [7, 11) is 0. The summed E-state index contributed by atoms with van der Waals surface area (Å²) >= 11 is 0. The van der Waals surface area contributed by atoms with Gasteiger partial charge in [0.05, 0.1) is 5.92 Å². The van der Waals surface area contributed by atoms with Gasteiger partial charge in [0, 0.05) is 0 Å². The predicted octanol–water partition coefficient (Wildman–Crippen LogP) is 2.48. The summed E-state index contributed by atoms with van der Waals surface area (Å²) in [5.74, 6) is 2.10. The molecule has 1 heteroatoms. The highest BCUT2D eigenvalue weighted by molar-refractivity contribution is 5.17. The molecule has 10 heavy (non-hydrogen) atoms. The molecular weight excluding hydrogens is 124 g/mol. The third-order valence-electron chi connectivity index (χ3n) is 2.56. The van der Waals surface area contributed by atoms with Crippen LogP contribution < -0.4 is 0 Å². The molecule has 1 aliphatic carbocycles. The molecule has 1 nitrogen and oxygen atoms in total. The van der Waals surface area contributed by atoms with Gasteiger partial charge < -0.3 is 4.74 Å². The van der Waals surface area contributed by atoms with Gasteiger partial charge in [0.2, 0.25) is 0 Å². The molecule has 0 N–H and O–H groups in total. The van der Waals surface area contributed by atoms with E-state index in [1.807, 2.05) is 0 Å². The summed E-state index contributed by atoms with van der Waals surface area (Å²) in [4.78, 5) is 0. The summed E-state index contributed by atoms with van der Waals surface area (Å²) < 4.78 is 5.60. The Balaban J connectivity index is 2.14. The van der Waals surface area contributed by atoms with Crippen LogP contribution in [-0.4, -0.2) is 6.10 Å². The van der Waals surface area contributed by atoms with Crippen LogP contribution >= 0.6 is 0 Å². The maximum absolute atomic E-state index is 5.60.